The van der Waals surface area contributed by atoms with Crippen molar-refractivity contribution >= 4 is 27.6 Å². The second-order valence-corrected chi connectivity index (χ2v) is 18.9. The standard InChI is InChI=1S/C47H78O19P2/c1-3-5-7-8-9-10-11-12-13-14-15-16-17-22-26-32-40(51)62-34-37(35-63-68(60,61)66-47-44(55)42(53)43(54)46(45(47)56)65-67(57,58)59)64-41(52)33-27-31-39(50)38(49)30-25-21-19-18-20-24-29-36(48)28-23-6-4-2/h5,7,9-10,12-13,18-21,24-25,29-30,36-39,42-50,53-56H,3-4,6,8,11,14-17,22-23,26-28,31-35H2,1-2H3,(H,60,61)(H2,57,58,59)/b7-5-,10-9-,13-12-,20-18-,21-19+,29-24+,30-25+/t36-,37+,38-,39-,42?,43?,44?,45?,46+,47-/m0/s1. The fraction of sp³-hybridized carbons (Fsp3) is 0.660. The van der Waals surface area contributed by atoms with Crippen LogP contribution < -0.4 is 0 Å². The number of unbranched alkanes of at least 4 members (excludes halogenated alkanes) is 7. The summed E-state index contributed by atoms with van der Waals surface area (Å²) in [5, 5.41) is 71.9. The molecule has 68 heavy (non-hydrogen) atoms. The number of phosphoric ester groups is 2. The molecule has 1 saturated carbocycles. The van der Waals surface area contributed by atoms with Crippen LogP contribution in [0.25, 0.3) is 0 Å². The van der Waals surface area contributed by atoms with Gasteiger partial charge in [0.15, 0.2) is 6.10 Å². The lowest BCUT2D eigenvalue weighted by Gasteiger charge is -2.43. The van der Waals surface area contributed by atoms with Crippen molar-refractivity contribution in [3.05, 3.63) is 85.1 Å². The minimum Gasteiger partial charge on any atom is -0.462 e. The maximum atomic E-state index is 13.0. The second kappa shape index (κ2) is 36.9. The molecule has 1 aliphatic rings. The molecule has 0 amide bonds. The van der Waals surface area contributed by atoms with E-state index in [9.17, 15) is 69.1 Å². The molecule has 10 N–H and O–H groups in total. The Morgan fingerprint density at radius 1 is 0.588 bits per heavy atom. The highest BCUT2D eigenvalue weighted by Crippen LogP contribution is 2.49. The number of rotatable bonds is 37. The zero-order valence-corrected chi connectivity index (χ0v) is 41.1. The van der Waals surface area contributed by atoms with Gasteiger partial charge in [0.1, 0.15) is 43.2 Å². The highest BCUT2D eigenvalue weighted by Gasteiger charge is 2.54. The monoisotopic (exact) mass is 1010 g/mol. The van der Waals surface area contributed by atoms with Gasteiger partial charge in [0.25, 0.3) is 0 Å². The summed E-state index contributed by atoms with van der Waals surface area (Å²) in [5.41, 5.74) is 0. The zero-order chi connectivity index (χ0) is 50.8. The van der Waals surface area contributed by atoms with Crippen molar-refractivity contribution in [2.45, 2.75) is 184 Å². The van der Waals surface area contributed by atoms with E-state index in [1.54, 1.807) is 36.5 Å². The minimum atomic E-state index is -5.42. The molecule has 21 heteroatoms. The summed E-state index contributed by atoms with van der Waals surface area (Å²) in [7, 11) is -10.8. The molecule has 0 aromatic carbocycles. The fourth-order valence-electron chi connectivity index (χ4n) is 6.54. The van der Waals surface area contributed by atoms with E-state index in [1.807, 2.05) is 0 Å². The van der Waals surface area contributed by atoms with Crippen LogP contribution in [0.4, 0.5) is 0 Å². The van der Waals surface area contributed by atoms with E-state index >= 15 is 0 Å². The third-order valence-corrected chi connectivity index (χ3v) is 11.8. The summed E-state index contributed by atoms with van der Waals surface area (Å²) in [5.74, 6) is -1.56. The number of aliphatic hydroxyl groups excluding tert-OH is 7. The van der Waals surface area contributed by atoms with Gasteiger partial charge >= 0.3 is 27.6 Å². The Morgan fingerprint density at radius 3 is 1.81 bits per heavy atom. The summed E-state index contributed by atoms with van der Waals surface area (Å²) in [6.07, 6.45) is 18.8. The number of phosphoric acid groups is 2. The number of hydrogen-bond acceptors (Lipinski definition) is 16. The molecule has 1 fully saturated rings. The number of aliphatic hydroxyl groups is 7. The van der Waals surface area contributed by atoms with Crippen LogP contribution in [0.2, 0.25) is 0 Å². The molecule has 1 rings (SSSR count). The van der Waals surface area contributed by atoms with Gasteiger partial charge in [0.2, 0.25) is 0 Å². The first-order valence-electron chi connectivity index (χ1n) is 23.5. The SMILES string of the molecule is CC/C=C\C/C=C\C/C=C\CCCCCCCC(=O)OC[C@H](COP(=O)(O)O[C@H]1C(O)C(O)C(O)[C@@H](OP(=O)(O)O)C1O)OC(=O)CCC[C@H](O)[C@@H](O)/C=C/C=C/C=C\C=C\[C@@H](O)CCCCC. The lowest BCUT2D eigenvalue weighted by atomic mass is 9.85. The molecule has 390 valence electrons. The average molecular weight is 1010 g/mol. The highest BCUT2D eigenvalue weighted by molar-refractivity contribution is 7.47. The van der Waals surface area contributed by atoms with Gasteiger partial charge < -0.3 is 59.9 Å². The maximum Gasteiger partial charge on any atom is 0.472 e. The predicted molar refractivity (Wildman–Crippen MR) is 254 cm³/mol. The van der Waals surface area contributed by atoms with Gasteiger partial charge in [-0.05, 0) is 57.8 Å². The predicted octanol–water partition coefficient (Wildman–Crippen LogP) is 5.53. The summed E-state index contributed by atoms with van der Waals surface area (Å²) < 4.78 is 49.1. The maximum absolute atomic E-state index is 13.0. The summed E-state index contributed by atoms with van der Waals surface area (Å²) in [4.78, 5) is 54.3. The summed E-state index contributed by atoms with van der Waals surface area (Å²) in [6, 6.07) is 0. The Morgan fingerprint density at radius 2 is 1.16 bits per heavy atom. The first kappa shape index (κ1) is 63.1. The van der Waals surface area contributed by atoms with E-state index in [2.05, 4.69) is 54.8 Å². The fourth-order valence-corrected chi connectivity index (χ4v) is 8.08. The largest absolute Gasteiger partial charge is 0.472 e. The summed E-state index contributed by atoms with van der Waals surface area (Å²) in [6.45, 7) is 2.57. The Hall–Kier alpha value is -2.94. The van der Waals surface area contributed by atoms with Gasteiger partial charge in [-0.1, -0.05) is 137 Å². The third-order valence-electron chi connectivity index (χ3n) is 10.3. The second-order valence-electron chi connectivity index (χ2n) is 16.3. The molecule has 0 radical (unpaired) electrons. The van der Waals surface area contributed by atoms with Crippen LogP contribution in [0.15, 0.2) is 85.1 Å². The van der Waals surface area contributed by atoms with Gasteiger partial charge in [-0.25, -0.2) is 9.13 Å². The number of allylic oxidation sites excluding steroid dienone is 12. The molecule has 0 saturated heterocycles. The normalized spacial score (nSPS) is 23.4. The van der Waals surface area contributed by atoms with E-state index in [-0.39, 0.29) is 25.7 Å². The van der Waals surface area contributed by atoms with Crippen LogP contribution in [0.1, 0.15) is 123 Å². The number of ether oxygens (including phenoxy) is 2. The molecule has 5 unspecified atom stereocenters. The molecule has 0 aliphatic heterocycles. The number of esters is 2. The van der Waals surface area contributed by atoms with E-state index < -0.39 is 102 Å². The van der Waals surface area contributed by atoms with Crippen molar-refractivity contribution in [2.75, 3.05) is 13.2 Å². The quantitative estimate of drug-likeness (QED) is 0.0120. The molecule has 11 atom stereocenters. The Bertz CT molecular complexity index is 1690. The molecule has 19 nitrogen and oxygen atoms in total. The van der Waals surface area contributed by atoms with Crippen molar-refractivity contribution in [3.8, 4) is 0 Å². The Kier molecular flexibility index (Phi) is 34.3. The molecule has 0 spiro atoms. The van der Waals surface area contributed by atoms with Crippen LogP contribution in [-0.2, 0) is 41.8 Å². The molecule has 0 aromatic heterocycles. The van der Waals surface area contributed by atoms with Crippen LogP contribution >= 0.6 is 15.6 Å². The van der Waals surface area contributed by atoms with Crippen molar-refractivity contribution in [3.63, 3.8) is 0 Å². The Labute approximate surface area is 401 Å². The molecular formula is C47H78O19P2. The third kappa shape index (κ3) is 30.6. The van der Waals surface area contributed by atoms with Crippen LogP contribution in [0, 0.1) is 0 Å². The molecule has 1 aliphatic carbocycles. The van der Waals surface area contributed by atoms with Crippen molar-refractivity contribution in [2.24, 2.45) is 0 Å². The lowest BCUT2D eigenvalue weighted by molar-refractivity contribution is -0.216. The Balaban J connectivity index is 2.77. The van der Waals surface area contributed by atoms with Crippen molar-refractivity contribution in [1.29, 1.82) is 0 Å². The van der Waals surface area contributed by atoms with E-state index in [4.69, 9.17) is 18.5 Å². The first-order valence-corrected chi connectivity index (χ1v) is 26.5. The smallest absolute Gasteiger partial charge is 0.462 e. The van der Waals surface area contributed by atoms with Crippen LogP contribution in [0.3, 0.4) is 0 Å². The van der Waals surface area contributed by atoms with Gasteiger partial charge in [0, 0.05) is 12.8 Å². The summed E-state index contributed by atoms with van der Waals surface area (Å²) >= 11 is 0. The van der Waals surface area contributed by atoms with Crippen molar-refractivity contribution in [1.82, 2.24) is 0 Å². The molecule has 0 aromatic rings. The van der Waals surface area contributed by atoms with Crippen LogP contribution in [-0.4, -0.2) is 137 Å². The first-order chi connectivity index (χ1) is 32.3. The van der Waals surface area contributed by atoms with Gasteiger partial charge in [0.05, 0.1) is 24.9 Å². The van der Waals surface area contributed by atoms with Gasteiger partial charge in [-0.3, -0.25) is 23.2 Å². The number of carbonyl (C=O) groups excluding carboxylic acids is 2. The molecular weight excluding hydrogens is 930 g/mol. The van der Waals surface area contributed by atoms with Crippen LogP contribution in [0.5, 0.6) is 0 Å². The molecule has 0 bridgehead atoms. The van der Waals surface area contributed by atoms with E-state index in [0.717, 1.165) is 70.6 Å². The highest BCUT2D eigenvalue weighted by atomic mass is 31.2. The molecule has 0 heterocycles. The van der Waals surface area contributed by atoms with E-state index in [1.165, 1.54) is 12.2 Å². The van der Waals surface area contributed by atoms with Gasteiger partial charge in [-0.15, -0.1) is 0 Å². The number of carbonyl (C=O) groups is 2. The lowest BCUT2D eigenvalue weighted by Crippen LogP contribution is -2.64. The van der Waals surface area contributed by atoms with E-state index in [0.29, 0.717) is 12.8 Å². The number of hydrogen-bond donors (Lipinski definition) is 10. The average Bonchev–Trinajstić information content (AvgIpc) is 3.28. The minimum absolute atomic E-state index is 0.0173. The zero-order valence-electron chi connectivity index (χ0n) is 39.3. The van der Waals surface area contributed by atoms with Crippen molar-refractivity contribution < 1.29 is 92.2 Å². The van der Waals surface area contributed by atoms with Gasteiger partial charge in [-0.2, -0.15) is 0 Å². The topological polar surface area (TPSA) is 317 Å².